The molecule has 1 fully saturated rings. The van der Waals surface area contributed by atoms with Gasteiger partial charge in [-0.05, 0) is 31.0 Å². The number of hydrogen-bond acceptors (Lipinski definition) is 4. The Hall–Kier alpha value is -3.20. The number of halogens is 3. The molecular formula is C20H16ClF2N3O4. The molecule has 0 aliphatic heterocycles. The van der Waals surface area contributed by atoms with E-state index in [0.717, 1.165) is 6.07 Å². The van der Waals surface area contributed by atoms with E-state index in [9.17, 15) is 14.0 Å². The third-order valence-corrected chi connectivity index (χ3v) is 5.55. The summed E-state index contributed by atoms with van der Waals surface area (Å²) in [6.07, 6.45) is 0.915. The number of nitrogens with one attached hydrogen (secondary N) is 1. The molecule has 10 heteroatoms. The van der Waals surface area contributed by atoms with Gasteiger partial charge in [0.05, 0.1) is 29.4 Å². The Morgan fingerprint density at radius 2 is 2.07 bits per heavy atom. The third kappa shape index (κ3) is 3.24. The van der Waals surface area contributed by atoms with Crippen molar-refractivity contribution in [3.05, 3.63) is 57.6 Å². The van der Waals surface area contributed by atoms with Crippen molar-refractivity contribution in [3.8, 4) is 16.9 Å². The van der Waals surface area contributed by atoms with Crippen LogP contribution >= 0.6 is 11.6 Å². The molecule has 1 aliphatic carbocycles. The minimum absolute atomic E-state index is 0.0475. The minimum Gasteiger partial charge on any atom is -0.496 e. The number of hydrogen-bond donors (Lipinski definition) is 2. The fourth-order valence-electron chi connectivity index (χ4n) is 3.72. The molecule has 0 atom stereocenters. The van der Waals surface area contributed by atoms with Crippen molar-refractivity contribution in [2.24, 2.45) is 0 Å². The van der Waals surface area contributed by atoms with Crippen LogP contribution in [0, 0.1) is 11.6 Å². The summed E-state index contributed by atoms with van der Waals surface area (Å²) in [4.78, 5) is 27.7. The van der Waals surface area contributed by atoms with Crippen LogP contribution in [0.4, 0.5) is 13.6 Å². The number of carbonyl (C=O) groups is 1. The van der Waals surface area contributed by atoms with Crippen LogP contribution in [0.5, 0.6) is 5.75 Å². The summed E-state index contributed by atoms with van der Waals surface area (Å²) in [5.74, 6) is -1.56. The minimum atomic E-state index is -1.13. The summed E-state index contributed by atoms with van der Waals surface area (Å²) < 4.78 is 36.3. The number of methoxy groups -OCH3 is 1. The number of fused-ring (bicyclic) bond motifs is 1. The maximum absolute atomic E-state index is 15.3. The van der Waals surface area contributed by atoms with Crippen LogP contribution in [0.25, 0.3) is 22.0 Å². The highest BCUT2D eigenvalue weighted by Crippen LogP contribution is 2.41. The summed E-state index contributed by atoms with van der Waals surface area (Å²) in [5, 5.41) is 10.9. The Morgan fingerprint density at radius 3 is 2.73 bits per heavy atom. The van der Waals surface area contributed by atoms with Gasteiger partial charge in [0.15, 0.2) is 5.82 Å². The van der Waals surface area contributed by atoms with Gasteiger partial charge < -0.3 is 15.2 Å². The molecular weight excluding hydrogens is 420 g/mol. The van der Waals surface area contributed by atoms with E-state index in [1.54, 1.807) is 0 Å². The monoisotopic (exact) mass is 435 g/mol. The highest BCUT2D eigenvalue weighted by atomic mass is 35.5. The highest BCUT2D eigenvalue weighted by molar-refractivity contribution is 6.34. The van der Waals surface area contributed by atoms with Gasteiger partial charge in [-0.1, -0.05) is 17.7 Å². The molecule has 0 unspecified atom stereocenters. The first-order chi connectivity index (χ1) is 14.3. The Bertz CT molecular complexity index is 1220. The van der Waals surface area contributed by atoms with Crippen molar-refractivity contribution in [2.75, 3.05) is 7.11 Å². The van der Waals surface area contributed by atoms with Gasteiger partial charge in [-0.3, -0.25) is 9.36 Å². The third-order valence-electron chi connectivity index (χ3n) is 5.25. The number of ether oxygens (including phenoxy) is 1. The molecule has 3 aromatic rings. The zero-order valence-corrected chi connectivity index (χ0v) is 16.4. The van der Waals surface area contributed by atoms with Crippen molar-refractivity contribution in [1.29, 1.82) is 0 Å². The summed E-state index contributed by atoms with van der Waals surface area (Å²) in [7, 11) is 1.33. The molecule has 1 aromatic heterocycles. The van der Waals surface area contributed by atoms with Crippen molar-refractivity contribution in [3.63, 3.8) is 0 Å². The first kappa shape index (κ1) is 20.1. The molecule has 0 radical (unpaired) electrons. The smallest absolute Gasteiger partial charge is 0.404 e. The molecule has 156 valence electrons. The van der Waals surface area contributed by atoms with Gasteiger partial charge in [0.1, 0.15) is 17.1 Å². The molecule has 1 aliphatic rings. The molecule has 30 heavy (non-hydrogen) atoms. The maximum Gasteiger partial charge on any atom is 0.404 e. The number of nitrogens with zero attached hydrogens (tertiary/aromatic N) is 2. The SMILES string of the molecule is COc1cccc(F)c1-c1c(Cl)cc2c(=O)n(C3CC(NC(=O)O)C3)cnc2c1F. The Morgan fingerprint density at radius 1 is 1.33 bits per heavy atom. The van der Waals surface area contributed by atoms with Gasteiger partial charge in [0.2, 0.25) is 0 Å². The van der Waals surface area contributed by atoms with E-state index in [-0.39, 0.29) is 44.9 Å². The lowest BCUT2D eigenvalue weighted by molar-refractivity contribution is 0.166. The number of aromatic nitrogens is 2. The summed E-state index contributed by atoms with van der Waals surface area (Å²) in [5.41, 5.74) is -1.14. The first-order valence-electron chi connectivity index (χ1n) is 9.03. The van der Waals surface area contributed by atoms with Crippen LogP contribution < -0.4 is 15.6 Å². The first-order valence-corrected chi connectivity index (χ1v) is 9.40. The zero-order chi connectivity index (χ0) is 21.6. The number of rotatable bonds is 4. The van der Waals surface area contributed by atoms with Gasteiger partial charge in [-0.2, -0.15) is 0 Å². The molecule has 1 amide bonds. The molecule has 1 saturated carbocycles. The van der Waals surface area contributed by atoms with E-state index in [4.69, 9.17) is 21.4 Å². The quantitative estimate of drug-likeness (QED) is 0.646. The van der Waals surface area contributed by atoms with E-state index in [2.05, 4.69) is 10.3 Å². The van der Waals surface area contributed by atoms with E-state index >= 15 is 4.39 Å². The normalized spacial score (nSPS) is 18.1. The van der Waals surface area contributed by atoms with E-state index < -0.39 is 23.3 Å². The average Bonchev–Trinajstić information content (AvgIpc) is 2.66. The fourth-order valence-corrected chi connectivity index (χ4v) is 4.01. The topological polar surface area (TPSA) is 93.5 Å². The molecule has 4 rings (SSSR count). The van der Waals surface area contributed by atoms with Crippen molar-refractivity contribution < 1.29 is 23.4 Å². The van der Waals surface area contributed by atoms with Gasteiger partial charge in [-0.15, -0.1) is 0 Å². The highest BCUT2D eigenvalue weighted by Gasteiger charge is 2.33. The lowest BCUT2D eigenvalue weighted by Crippen LogP contribution is -2.46. The van der Waals surface area contributed by atoms with Crippen molar-refractivity contribution in [2.45, 2.75) is 24.9 Å². The second-order valence-corrected chi connectivity index (χ2v) is 7.40. The number of amides is 1. The lowest BCUT2D eigenvalue weighted by Gasteiger charge is -2.35. The molecule has 2 N–H and O–H groups in total. The lowest BCUT2D eigenvalue weighted by atomic mass is 9.86. The molecule has 0 bridgehead atoms. The fraction of sp³-hybridized carbons (Fsp3) is 0.250. The van der Waals surface area contributed by atoms with Crippen LogP contribution in [-0.4, -0.2) is 33.9 Å². The number of carboxylic acid groups (broad SMARTS) is 1. The zero-order valence-electron chi connectivity index (χ0n) is 15.7. The van der Waals surface area contributed by atoms with Gasteiger partial charge in [-0.25, -0.2) is 18.6 Å². The van der Waals surface area contributed by atoms with Crippen LogP contribution in [-0.2, 0) is 0 Å². The Kier molecular flexibility index (Phi) is 5.07. The second-order valence-electron chi connectivity index (χ2n) is 6.99. The van der Waals surface area contributed by atoms with Crippen LogP contribution in [0.15, 0.2) is 35.4 Å². The van der Waals surface area contributed by atoms with Crippen LogP contribution in [0.2, 0.25) is 5.02 Å². The van der Waals surface area contributed by atoms with Gasteiger partial charge in [0, 0.05) is 17.6 Å². The molecule has 2 aromatic carbocycles. The molecule has 0 saturated heterocycles. The maximum atomic E-state index is 15.3. The number of benzene rings is 2. The van der Waals surface area contributed by atoms with E-state index in [1.807, 2.05) is 0 Å². The summed E-state index contributed by atoms with van der Waals surface area (Å²) >= 11 is 6.26. The van der Waals surface area contributed by atoms with Crippen LogP contribution in [0.1, 0.15) is 18.9 Å². The molecule has 1 heterocycles. The second kappa shape index (κ2) is 7.56. The predicted molar refractivity (Wildman–Crippen MR) is 106 cm³/mol. The Balaban J connectivity index is 1.81. The summed E-state index contributed by atoms with van der Waals surface area (Å²) in [6, 6.07) is 4.79. The van der Waals surface area contributed by atoms with Gasteiger partial charge >= 0.3 is 6.09 Å². The standard InChI is InChI=1S/C20H16ClF2N3O4/c1-30-14-4-2-3-13(22)16(14)15-12(21)7-11-18(17(15)23)24-8-26(19(11)27)10-5-9(6-10)25-20(28)29/h2-4,7-10,25H,5-6H2,1H3,(H,28,29). The van der Waals surface area contributed by atoms with E-state index in [1.165, 1.54) is 36.2 Å². The van der Waals surface area contributed by atoms with Crippen molar-refractivity contribution in [1.82, 2.24) is 14.9 Å². The Labute approximate surface area is 173 Å². The predicted octanol–water partition coefficient (Wildman–Crippen LogP) is 3.97. The van der Waals surface area contributed by atoms with Crippen molar-refractivity contribution >= 4 is 28.6 Å². The molecule has 7 nitrogen and oxygen atoms in total. The van der Waals surface area contributed by atoms with Crippen LogP contribution in [0.3, 0.4) is 0 Å². The summed E-state index contributed by atoms with van der Waals surface area (Å²) in [6.45, 7) is 0. The average molecular weight is 436 g/mol. The largest absolute Gasteiger partial charge is 0.496 e. The van der Waals surface area contributed by atoms with Gasteiger partial charge in [0.25, 0.3) is 5.56 Å². The molecule has 0 spiro atoms. The van der Waals surface area contributed by atoms with E-state index in [0.29, 0.717) is 12.8 Å².